The number of hydrogen-bond acceptors (Lipinski definition) is 6. The van der Waals surface area contributed by atoms with E-state index in [1.165, 1.54) is 18.5 Å². The van der Waals surface area contributed by atoms with Crippen LogP contribution in [0.4, 0.5) is 42.0 Å². The van der Waals surface area contributed by atoms with Gasteiger partial charge in [-0.25, -0.2) is 15.0 Å². The standard InChI is InChI=1S/C23H19F3N6/c24-23(25,26)17-9-6-10-18(13-17)31-21-20(27)22(30-15-29-21)32(19-11-4-5-12-28-19)14-16-7-2-1-3-8-16/h1-13,15H,14,27H2,(H,29,30,31). The van der Waals surface area contributed by atoms with Crippen molar-refractivity contribution in [2.45, 2.75) is 12.7 Å². The van der Waals surface area contributed by atoms with Gasteiger partial charge in [0.2, 0.25) is 0 Å². The molecule has 0 saturated carbocycles. The van der Waals surface area contributed by atoms with Gasteiger partial charge in [0.15, 0.2) is 11.6 Å². The number of aromatic nitrogens is 3. The lowest BCUT2D eigenvalue weighted by atomic mass is 10.2. The molecule has 0 aliphatic rings. The monoisotopic (exact) mass is 436 g/mol. The number of hydrogen-bond donors (Lipinski definition) is 2. The van der Waals surface area contributed by atoms with Gasteiger partial charge in [-0.1, -0.05) is 42.5 Å². The Morgan fingerprint density at radius 3 is 2.38 bits per heavy atom. The SMILES string of the molecule is Nc1c(Nc2cccc(C(F)(F)F)c2)ncnc1N(Cc1ccccc1)c1ccccn1. The first-order valence-electron chi connectivity index (χ1n) is 9.69. The second-order valence-electron chi connectivity index (χ2n) is 6.92. The molecule has 4 rings (SSSR count). The number of pyridine rings is 1. The van der Waals surface area contributed by atoms with Gasteiger partial charge in [-0.15, -0.1) is 0 Å². The molecular weight excluding hydrogens is 417 g/mol. The summed E-state index contributed by atoms with van der Waals surface area (Å²) in [5.74, 6) is 1.20. The maximum Gasteiger partial charge on any atom is 0.416 e. The fourth-order valence-electron chi connectivity index (χ4n) is 3.15. The van der Waals surface area contributed by atoms with Crippen LogP contribution in [-0.4, -0.2) is 15.0 Å². The lowest BCUT2D eigenvalue weighted by Gasteiger charge is -2.25. The summed E-state index contributed by atoms with van der Waals surface area (Å²) in [6.45, 7) is 0.433. The lowest BCUT2D eigenvalue weighted by Crippen LogP contribution is -2.21. The van der Waals surface area contributed by atoms with Crippen molar-refractivity contribution in [3.8, 4) is 0 Å². The molecule has 0 aliphatic carbocycles. The molecular formula is C23H19F3N6. The third-order valence-corrected chi connectivity index (χ3v) is 4.68. The molecule has 0 atom stereocenters. The number of nitrogens with one attached hydrogen (secondary N) is 1. The van der Waals surface area contributed by atoms with Gasteiger partial charge in [-0.3, -0.25) is 0 Å². The molecule has 3 N–H and O–H groups in total. The Kier molecular flexibility index (Phi) is 5.89. The summed E-state index contributed by atoms with van der Waals surface area (Å²) < 4.78 is 39.2. The fourth-order valence-corrected chi connectivity index (χ4v) is 3.15. The number of rotatable bonds is 6. The Labute approximate surface area is 182 Å². The third-order valence-electron chi connectivity index (χ3n) is 4.68. The van der Waals surface area contributed by atoms with E-state index in [1.54, 1.807) is 12.3 Å². The summed E-state index contributed by atoms with van der Waals surface area (Å²) in [5.41, 5.74) is 7.00. The van der Waals surface area contributed by atoms with E-state index in [1.807, 2.05) is 47.4 Å². The van der Waals surface area contributed by atoms with E-state index in [-0.39, 0.29) is 17.2 Å². The number of nitrogens with two attached hydrogens (primary N) is 1. The van der Waals surface area contributed by atoms with Gasteiger partial charge in [0.25, 0.3) is 0 Å². The summed E-state index contributed by atoms with van der Waals surface area (Å²) in [5, 5.41) is 2.87. The molecule has 4 aromatic rings. The summed E-state index contributed by atoms with van der Waals surface area (Å²) in [6.07, 6.45) is -1.49. The van der Waals surface area contributed by atoms with E-state index in [0.717, 1.165) is 17.7 Å². The number of nitrogen functional groups attached to an aromatic ring is 1. The van der Waals surface area contributed by atoms with E-state index in [0.29, 0.717) is 18.2 Å². The molecule has 6 nitrogen and oxygen atoms in total. The summed E-state index contributed by atoms with van der Waals surface area (Å²) in [4.78, 5) is 14.7. The quantitative estimate of drug-likeness (QED) is 0.412. The van der Waals surface area contributed by atoms with Crippen LogP contribution < -0.4 is 16.0 Å². The molecule has 2 heterocycles. The molecule has 0 unspecified atom stereocenters. The van der Waals surface area contributed by atoms with Gasteiger partial charge in [0.1, 0.15) is 17.8 Å². The molecule has 9 heteroatoms. The van der Waals surface area contributed by atoms with Crippen molar-refractivity contribution in [1.82, 2.24) is 15.0 Å². The normalized spacial score (nSPS) is 11.2. The first-order valence-corrected chi connectivity index (χ1v) is 9.69. The topological polar surface area (TPSA) is 80.0 Å². The molecule has 0 bridgehead atoms. The zero-order valence-corrected chi connectivity index (χ0v) is 16.8. The number of halogens is 3. The van der Waals surface area contributed by atoms with Crippen LogP contribution in [0.3, 0.4) is 0 Å². The minimum Gasteiger partial charge on any atom is -0.393 e. The largest absolute Gasteiger partial charge is 0.416 e. The highest BCUT2D eigenvalue weighted by atomic mass is 19.4. The average Bonchev–Trinajstić information content (AvgIpc) is 2.80. The highest BCUT2D eigenvalue weighted by Crippen LogP contribution is 2.35. The molecule has 0 radical (unpaired) electrons. The summed E-state index contributed by atoms with van der Waals surface area (Å²) in [7, 11) is 0. The second kappa shape index (κ2) is 8.93. The zero-order valence-electron chi connectivity index (χ0n) is 16.8. The lowest BCUT2D eigenvalue weighted by molar-refractivity contribution is -0.137. The molecule has 0 spiro atoms. The average molecular weight is 436 g/mol. The molecule has 0 amide bonds. The van der Waals surface area contributed by atoms with Crippen LogP contribution in [0.25, 0.3) is 0 Å². The minimum atomic E-state index is -4.45. The number of anilines is 5. The Balaban J connectivity index is 1.70. The van der Waals surface area contributed by atoms with E-state index in [9.17, 15) is 13.2 Å². The van der Waals surface area contributed by atoms with Crippen LogP contribution in [0.15, 0.2) is 85.3 Å². The molecule has 162 valence electrons. The second-order valence-corrected chi connectivity index (χ2v) is 6.92. The van der Waals surface area contributed by atoms with Crippen LogP contribution in [0.5, 0.6) is 0 Å². The van der Waals surface area contributed by atoms with Crippen molar-refractivity contribution in [3.63, 3.8) is 0 Å². The zero-order chi connectivity index (χ0) is 22.6. The van der Waals surface area contributed by atoms with Crippen molar-refractivity contribution < 1.29 is 13.2 Å². The fraction of sp³-hybridized carbons (Fsp3) is 0.0870. The smallest absolute Gasteiger partial charge is 0.393 e. The van der Waals surface area contributed by atoms with Gasteiger partial charge in [-0.05, 0) is 35.9 Å². The van der Waals surface area contributed by atoms with E-state index in [4.69, 9.17) is 5.73 Å². The van der Waals surface area contributed by atoms with Crippen molar-refractivity contribution in [3.05, 3.63) is 96.4 Å². The highest BCUT2D eigenvalue weighted by molar-refractivity contribution is 5.80. The van der Waals surface area contributed by atoms with E-state index < -0.39 is 11.7 Å². The van der Waals surface area contributed by atoms with Gasteiger partial charge in [0.05, 0.1) is 12.1 Å². The molecule has 2 aromatic heterocycles. The third kappa shape index (κ3) is 4.77. The summed E-state index contributed by atoms with van der Waals surface area (Å²) >= 11 is 0. The van der Waals surface area contributed by atoms with E-state index >= 15 is 0 Å². The first-order chi connectivity index (χ1) is 15.4. The predicted molar refractivity (Wildman–Crippen MR) is 118 cm³/mol. The van der Waals surface area contributed by atoms with Crippen LogP contribution in [-0.2, 0) is 12.7 Å². The molecule has 32 heavy (non-hydrogen) atoms. The maximum atomic E-state index is 13.1. The molecule has 0 fully saturated rings. The predicted octanol–water partition coefficient (Wildman–Crippen LogP) is 5.55. The van der Waals surface area contributed by atoms with Gasteiger partial charge < -0.3 is 16.0 Å². The Morgan fingerprint density at radius 2 is 1.66 bits per heavy atom. The Morgan fingerprint density at radius 1 is 0.875 bits per heavy atom. The number of benzene rings is 2. The Hall–Kier alpha value is -4.14. The number of nitrogens with zero attached hydrogens (tertiary/aromatic N) is 4. The Bertz CT molecular complexity index is 1180. The number of alkyl halides is 3. The molecule has 0 aliphatic heterocycles. The van der Waals surface area contributed by atoms with Crippen LogP contribution in [0.2, 0.25) is 0 Å². The van der Waals surface area contributed by atoms with Crippen molar-refractivity contribution in [2.75, 3.05) is 16.0 Å². The van der Waals surface area contributed by atoms with Crippen LogP contribution in [0.1, 0.15) is 11.1 Å². The van der Waals surface area contributed by atoms with Gasteiger partial charge in [-0.2, -0.15) is 13.2 Å². The highest BCUT2D eigenvalue weighted by Gasteiger charge is 2.30. The summed E-state index contributed by atoms with van der Waals surface area (Å²) in [6, 6.07) is 20.0. The van der Waals surface area contributed by atoms with Crippen LogP contribution in [0, 0.1) is 0 Å². The minimum absolute atomic E-state index is 0.187. The molecule has 0 saturated heterocycles. The molecule has 2 aromatic carbocycles. The maximum absolute atomic E-state index is 13.1. The first kappa shape index (κ1) is 21.1. The van der Waals surface area contributed by atoms with Crippen molar-refractivity contribution in [2.24, 2.45) is 0 Å². The van der Waals surface area contributed by atoms with Crippen molar-refractivity contribution in [1.29, 1.82) is 0 Å². The van der Waals surface area contributed by atoms with E-state index in [2.05, 4.69) is 20.3 Å². The van der Waals surface area contributed by atoms with Gasteiger partial charge in [0, 0.05) is 11.9 Å². The van der Waals surface area contributed by atoms with Crippen molar-refractivity contribution >= 4 is 28.8 Å². The van der Waals surface area contributed by atoms with Crippen LogP contribution >= 0.6 is 0 Å². The van der Waals surface area contributed by atoms with Gasteiger partial charge >= 0.3 is 6.18 Å².